The van der Waals surface area contributed by atoms with Gasteiger partial charge in [0.05, 0.1) is 18.5 Å². The molecule has 0 spiro atoms. The van der Waals surface area contributed by atoms with Crippen molar-refractivity contribution in [1.29, 1.82) is 0 Å². The Morgan fingerprint density at radius 3 is 3.07 bits per heavy atom. The second-order valence-electron chi connectivity index (χ2n) is 3.64. The third-order valence-corrected chi connectivity index (χ3v) is 4.31. The molecule has 3 unspecified atom stereocenters. The summed E-state index contributed by atoms with van der Waals surface area (Å²) in [6.45, 7) is 4.93. The zero-order chi connectivity index (χ0) is 11.1. The Labute approximate surface area is 94.2 Å². The van der Waals surface area contributed by atoms with E-state index in [0.717, 1.165) is 19.6 Å². The molecule has 1 rings (SSSR count). The summed E-state index contributed by atoms with van der Waals surface area (Å²) in [6, 6.07) is 0.335. The summed E-state index contributed by atoms with van der Waals surface area (Å²) in [5, 5.41) is 3.50. The predicted octanol–water partition coefficient (Wildman–Crippen LogP) is 0.149. The maximum Gasteiger partial charge on any atom is 0.0736 e. The van der Waals surface area contributed by atoms with Crippen LogP contribution in [0.15, 0.2) is 0 Å². The highest BCUT2D eigenvalue weighted by Gasteiger charge is 2.29. The number of hydrogen-bond donors (Lipinski definition) is 1. The quantitative estimate of drug-likeness (QED) is 0.712. The van der Waals surface area contributed by atoms with E-state index in [-0.39, 0.29) is 5.25 Å². The van der Waals surface area contributed by atoms with Gasteiger partial charge in [-0.1, -0.05) is 6.92 Å². The second kappa shape index (κ2) is 7.33. The molecule has 3 atom stereocenters. The summed E-state index contributed by atoms with van der Waals surface area (Å²) in [4.78, 5) is 0. The highest BCUT2D eigenvalue weighted by Crippen LogP contribution is 2.13. The summed E-state index contributed by atoms with van der Waals surface area (Å²) >= 11 is 0. The van der Waals surface area contributed by atoms with Gasteiger partial charge in [0, 0.05) is 36.3 Å². The molecule has 1 N–H and O–H groups in total. The number of ether oxygens (including phenoxy) is 2. The van der Waals surface area contributed by atoms with Crippen LogP contribution in [-0.2, 0) is 20.3 Å². The van der Waals surface area contributed by atoms with Crippen LogP contribution in [0.1, 0.15) is 13.3 Å². The fourth-order valence-corrected chi connectivity index (χ4v) is 3.26. The molecule has 1 saturated heterocycles. The van der Waals surface area contributed by atoms with Gasteiger partial charge in [0.1, 0.15) is 0 Å². The van der Waals surface area contributed by atoms with Gasteiger partial charge in [0.25, 0.3) is 0 Å². The van der Waals surface area contributed by atoms with Crippen LogP contribution in [0.25, 0.3) is 0 Å². The molecule has 0 aromatic carbocycles. The zero-order valence-electron chi connectivity index (χ0n) is 9.53. The van der Waals surface area contributed by atoms with Gasteiger partial charge in [0.15, 0.2) is 0 Å². The number of rotatable bonds is 6. The first-order valence-corrected chi connectivity index (χ1v) is 6.85. The van der Waals surface area contributed by atoms with Crippen molar-refractivity contribution in [3.63, 3.8) is 0 Å². The minimum Gasteiger partial charge on any atom is -0.384 e. The molecule has 0 aromatic rings. The monoisotopic (exact) mass is 235 g/mol. The Morgan fingerprint density at radius 1 is 1.60 bits per heavy atom. The lowest BCUT2D eigenvalue weighted by Crippen LogP contribution is -2.49. The molecule has 1 heterocycles. The van der Waals surface area contributed by atoms with Crippen LogP contribution in [0.2, 0.25) is 0 Å². The van der Waals surface area contributed by atoms with Crippen molar-refractivity contribution in [3.05, 3.63) is 0 Å². The van der Waals surface area contributed by atoms with Crippen molar-refractivity contribution < 1.29 is 13.7 Å². The fourth-order valence-electron chi connectivity index (χ4n) is 1.78. The van der Waals surface area contributed by atoms with Crippen LogP contribution in [0.3, 0.4) is 0 Å². The lowest BCUT2D eigenvalue weighted by molar-refractivity contribution is 0.0823. The van der Waals surface area contributed by atoms with E-state index in [4.69, 9.17) is 9.47 Å². The van der Waals surface area contributed by atoms with Gasteiger partial charge >= 0.3 is 0 Å². The molecule has 0 aliphatic carbocycles. The fraction of sp³-hybridized carbons (Fsp3) is 1.00. The van der Waals surface area contributed by atoms with E-state index in [0.29, 0.717) is 25.0 Å². The Balaban J connectivity index is 2.43. The first-order chi connectivity index (χ1) is 7.29. The van der Waals surface area contributed by atoms with Crippen molar-refractivity contribution in [2.24, 2.45) is 0 Å². The molecule has 1 aliphatic rings. The topological polar surface area (TPSA) is 47.6 Å². The number of nitrogens with one attached hydrogen (secondary N) is 1. The number of methoxy groups -OCH3 is 1. The molecule has 0 radical (unpaired) electrons. The minimum atomic E-state index is -0.850. The smallest absolute Gasteiger partial charge is 0.0736 e. The molecule has 1 aliphatic heterocycles. The van der Waals surface area contributed by atoms with E-state index in [1.807, 2.05) is 0 Å². The third-order valence-electron chi connectivity index (χ3n) is 2.60. The van der Waals surface area contributed by atoms with Crippen LogP contribution in [0, 0.1) is 0 Å². The summed E-state index contributed by atoms with van der Waals surface area (Å²) < 4.78 is 22.3. The summed E-state index contributed by atoms with van der Waals surface area (Å²) in [5.41, 5.74) is 0. The average Bonchev–Trinajstić information content (AvgIpc) is 2.27. The molecule has 0 saturated carbocycles. The Kier molecular flexibility index (Phi) is 6.40. The van der Waals surface area contributed by atoms with Gasteiger partial charge in [-0.05, 0) is 13.0 Å². The molecule has 0 bridgehead atoms. The molecule has 0 amide bonds. The molecule has 5 heteroatoms. The number of hydrogen-bond acceptors (Lipinski definition) is 4. The molecular formula is C10H21NO3S. The van der Waals surface area contributed by atoms with Crippen LogP contribution in [0.4, 0.5) is 0 Å². The molecular weight excluding hydrogens is 214 g/mol. The highest BCUT2D eigenvalue weighted by molar-refractivity contribution is 7.85. The molecule has 90 valence electrons. The van der Waals surface area contributed by atoms with Gasteiger partial charge in [-0.25, -0.2) is 0 Å². The lowest BCUT2D eigenvalue weighted by Gasteiger charge is -2.31. The van der Waals surface area contributed by atoms with E-state index in [1.54, 1.807) is 7.11 Å². The maximum absolute atomic E-state index is 12.0. The van der Waals surface area contributed by atoms with Crippen LogP contribution in [0.5, 0.6) is 0 Å². The van der Waals surface area contributed by atoms with Crippen LogP contribution in [-0.4, -0.2) is 54.7 Å². The molecule has 15 heavy (non-hydrogen) atoms. The van der Waals surface area contributed by atoms with Gasteiger partial charge in [0.2, 0.25) is 0 Å². The average molecular weight is 235 g/mol. The van der Waals surface area contributed by atoms with E-state index >= 15 is 0 Å². The third kappa shape index (κ3) is 4.18. The first-order valence-electron chi connectivity index (χ1n) is 5.46. The Morgan fingerprint density at radius 2 is 2.40 bits per heavy atom. The first kappa shape index (κ1) is 13.1. The van der Waals surface area contributed by atoms with Gasteiger partial charge in [-0.3, -0.25) is 4.21 Å². The Hall–Kier alpha value is 0.0300. The standard InChI is InChI=1S/C10H21NO3S/c1-3-11-9-4-5-14-8-10(9)15(12)7-6-13-2/h9-11H,3-8H2,1-2H3. The highest BCUT2D eigenvalue weighted by atomic mass is 32.2. The van der Waals surface area contributed by atoms with Crippen molar-refractivity contribution in [1.82, 2.24) is 5.32 Å². The molecule has 4 nitrogen and oxygen atoms in total. The van der Waals surface area contributed by atoms with E-state index in [1.165, 1.54) is 0 Å². The van der Waals surface area contributed by atoms with Crippen LogP contribution >= 0.6 is 0 Å². The van der Waals surface area contributed by atoms with Crippen molar-refractivity contribution >= 4 is 10.8 Å². The van der Waals surface area contributed by atoms with Crippen molar-refractivity contribution in [2.45, 2.75) is 24.6 Å². The Bertz CT molecular complexity index is 199. The SMILES string of the molecule is CCNC1CCOCC1S(=O)CCOC. The normalized spacial score (nSPS) is 28.9. The maximum atomic E-state index is 12.0. The molecule has 1 fully saturated rings. The minimum absolute atomic E-state index is 0.119. The van der Waals surface area contributed by atoms with E-state index in [9.17, 15) is 4.21 Å². The van der Waals surface area contributed by atoms with Crippen LogP contribution < -0.4 is 5.32 Å². The lowest BCUT2D eigenvalue weighted by atomic mass is 10.1. The van der Waals surface area contributed by atoms with Crippen molar-refractivity contribution in [3.8, 4) is 0 Å². The second-order valence-corrected chi connectivity index (χ2v) is 5.42. The molecule has 0 aromatic heterocycles. The van der Waals surface area contributed by atoms with E-state index in [2.05, 4.69) is 12.2 Å². The van der Waals surface area contributed by atoms with Gasteiger partial charge in [-0.15, -0.1) is 0 Å². The van der Waals surface area contributed by atoms with Gasteiger partial charge < -0.3 is 14.8 Å². The zero-order valence-corrected chi connectivity index (χ0v) is 10.3. The van der Waals surface area contributed by atoms with Gasteiger partial charge in [-0.2, -0.15) is 0 Å². The van der Waals surface area contributed by atoms with Crippen molar-refractivity contribution in [2.75, 3.05) is 39.2 Å². The summed E-state index contributed by atoms with van der Waals surface area (Å²) in [5.74, 6) is 0.604. The predicted molar refractivity (Wildman–Crippen MR) is 61.6 cm³/mol. The summed E-state index contributed by atoms with van der Waals surface area (Å²) in [7, 11) is 0.785. The summed E-state index contributed by atoms with van der Waals surface area (Å²) in [6.07, 6.45) is 0.956. The van der Waals surface area contributed by atoms with E-state index < -0.39 is 10.8 Å². The largest absolute Gasteiger partial charge is 0.384 e.